The molecule has 0 aromatic heterocycles. The van der Waals surface area contributed by atoms with Gasteiger partial charge in [0.1, 0.15) is 5.75 Å². The Bertz CT molecular complexity index is 458. The molecule has 0 radical (unpaired) electrons. The molecule has 0 saturated heterocycles. The Morgan fingerprint density at radius 2 is 2.22 bits per heavy atom. The van der Waals surface area contributed by atoms with Crippen molar-refractivity contribution in [2.24, 2.45) is 17.8 Å². The number of phenols is 1. The summed E-state index contributed by atoms with van der Waals surface area (Å²) in [6.45, 7) is 0.515. The van der Waals surface area contributed by atoms with E-state index in [1.54, 1.807) is 18.2 Å². The van der Waals surface area contributed by atoms with Crippen molar-refractivity contribution in [1.29, 1.82) is 0 Å². The number of phenolic OH excluding ortho intramolecular Hbond substituents is 1. The average molecular weight is 245 g/mol. The second kappa shape index (κ2) is 4.63. The first kappa shape index (κ1) is 11.6. The van der Waals surface area contributed by atoms with Gasteiger partial charge in [0.05, 0.1) is 0 Å². The molecule has 3 heteroatoms. The van der Waals surface area contributed by atoms with Crippen molar-refractivity contribution in [3.63, 3.8) is 0 Å². The van der Waals surface area contributed by atoms with Crippen molar-refractivity contribution in [1.82, 2.24) is 5.32 Å². The van der Waals surface area contributed by atoms with Crippen LogP contribution in [0.1, 0.15) is 31.2 Å². The Morgan fingerprint density at radius 1 is 1.33 bits per heavy atom. The highest BCUT2D eigenvalue weighted by Gasteiger charge is 2.42. The zero-order valence-corrected chi connectivity index (χ0v) is 10.4. The Kier molecular flexibility index (Phi) is 2.98. The van der Waals surface area contributed by atoms with E-state index in [0.29, 0.717) is 12.5 Å². The lowest BCUT2D eigenvalue weighted by molar-refractivity contribution is -0.126. The topological polar surface area (TPSA) is 49.3 Å². The Hall–Kier alpha value is -1.51. The minimum absolute atomic E-state index is 0.200. The number of carbonyl (C=O) groups is 1. The van der Waals surface area contributed by atoms with Gasteiger partial charge in [0.15, 0.2) is 0 Å². The Labute approximate surface area is 107 Å². The molecule has 3 unspecified atom stereocenters. The molecule has 2 aliphatic rings. The van der Waals surface area contributed by atoms with E-state index in [0.717, 1.165) is 17.9 Å². The van der Waals surface area contributed by atoms with Gasteiger partial charge in [-0.15, -0.1) is 0 Å². The molecule has 0 aliphatic heterocycles. The summed E-state index contributed by atoms with van der Waals surface area (Å²) in [7, 11) is 0. The number of fused-ring (bicyclic) bond motifs is 2. The van der Waals surface area contributed by atoms with Gasteiger partial charge in [-0.25, -0.2) is 0 Å². The molecule has 2 fully saturated rings. The van der Waals surface area contributed by atoms with E-state index in [2.05, 4.69) is 5.32 Å². The molecule has 1 aromatic carbocycles. The van der Waals surface area contributed by atoms with Crippen LogP contribution in [-0.2, 0) is 11.3 Å². The smallest absolute Gasteiger partial charge is 0.223 e. The maximum Gasteiger partial charge on any atom is 0.223 e. The minimum Gasteiger partial charge on any atom is -0.508 e. The molecule has 2 aliphatic carbocycles. The summed E-state index contributed by atoms with van der Waals surface area (Å²) in [5.74, 6) is 2.11. The lowest BCUT2D eigenvalue weighted by Gasteiger charge is -2.20. The summed E-state index contributed by atoms with van der Waals surface area (Å²) in [6.07, 6.45) is 4.89. The summed E-state index contributed by atoms with van der Waals surface area (Å²) in [5, 5.41) is 12.4. The first-order chi connectivity index (χ1) is 8.72. The molecule has 0 spiro atoms. The molecule has 0 heterocycles. The molecule has 1 amide bonds. The number of aromatic hydroxyl groups is 1. The third kappa shape index (κ3) is 2.22. The first-order valence-electron chi connectivity index (χ1n) is 6.78. The van der Waals surface area contributed by atoms with Gasteiger partial charge < -0.3 is 10.4 Å². The predicted molar refractivity (Wildman–Crippen MR) is 68.9 cm³/mol. The molecule has 3 rings (SSSR count). The van der Waals surface area contributed by atoms with E-state index in [1.165, 1.54) is 19.3 Å². The largest absolute Gasteiger partial charge is 0.508 e. The second-order valence-electron chi connectivity index (χ2n) is 5.67. The zero-order valence-electron chi connectivity index (χ0n) is 10.4. The quantitative estimate of drug-likeness (QED) is 0.859. The van der Waals surface area contributed by atoms with E-state index >= 15 is 0 Å². The van der Waals surface area contributed by atoms with Crippen LogP contribution < -0.4 is 5.32 Å². The number of hydrogen-bond acceptors (Lipinski definition) is 2. The van der Waals surface area contributed by atoms with Crippen LogP contribution in [0.2, 0.25) is 0 Å². The predicted octanol–water partition coefficient (Wildman–Crippen LogP) is 2.44. The van der Waals surface area contributed by atoms with Crippen molar-refractivity contribution in [2.75, 3.05) is 0 Å². The van der Waals surface area contributed by atoms with E-state index in [4.69, 9.17) is 0 Å². The monoisotopic (exact) mass is 245 g/mol. The molecule has 18 heavy (non-hydrogen) atoms. The molecule has 2 saturated carbocycles. The van der Waals surface area contributed by atoms with E-state index in [9.17, 15) is 9.90 Å². The summed E-state index contributed by atoms with van der Waals surface area (Å²) in [6, 6.07) is 7.05. The number of hydrogen-bond donors (Lipinski definition) is 2. The molecule has 96 valence electrons. The zero-order chi connectivity index (χ0) is 12.5. The maximum atomic E-state index is 12.1. The molecule has 3 atom stereocenters. The van der Waals surface area contributed by atoms with Crippen LogP contribution in [0.5, 0.6) is 5.75 Å². The first-order valence-corrected chi connectivity index (χ1v) is 6.78. The summed E-state index contributed by atoms with van der Waals surface area (Å²) in [4.78, 5) is 12.1. The third-order valence-electron chi connectivity index (χ3n) is 4.45. The lowest BCUT2D eigenvalue weighted by atomic mass is 9.88. The molecule has 1 aromatic rings. The number of rotatable bonds is 3. The normalized spacial score (nSPS) is 29.4. The van der Waals surface area contributed by atoms with Gasteiger partial charge in [0, 0.05) is 12.5 Å². The highest BCUT2D eigenvalue weighted by molar-refractivity contribution is 5.79. The van der Waals surface area contributed by atoms with Crippen molar-refractivity contribution >= 4 is 5.91 Å². The fourth-order valence-electron chi connectivity index (χ4n) is 3.55. The Balaban J connectivity index is 1.56. The second-order valence-corrected chi connectivity index (χ2v) is 5.67. The highest BCUT2D eigenvalue weighted by Crippen LogP contribution is 2.48. The van der Waals surface area contributed by atoms with E-state index < -0.39 is 0 Å². The lowest BCUT2D eigenvalue weighted by Crippen LogP contribution is -2.33. The summed E-state index contributed by atoms with van der Waals surface area (Å²) < 4.78 is 0. The molecular weight excluding hydrogens is 226 g/mol. The fourth-order valence-corrected chi connectivity index (χ4v) is 3.55. The summed E-state index contributed by atoms with van der Waals surface area (Å²) in [5.41, 5.74) is 0.950. The van der Waals surface area contributed by atoms with Gasteiger partial charge in [-0.3, -0.25) is 4.79 Å². The fraction of sp³-hybridized carbons (Fsp3) is 0.533. The van der Waals surface area contributed by atoms with E-state index in [-0.39, 0.29) is 17.6 Å². The molecule has 2 N–H and O–H groups in total. The molecule has 2 bridgehead atoms. The number of amides is 1. The van der Waals surface area contributed by atoms with E-state index in [1.807, 2.05) is 6.07 Å². The van der Waals surface area contributed by atoms with Crippen LogP contribution in [0.25, 0.3) is 0 Å². The summed E-state index contributed by atoms with van der Waals surface area (Å²) >= 11 is 0. The van der Waals surface area contributed by atoms with Crippen LogP contribution in [-0.4, -0.2) is 11.0 Å². The minimum atomic E-state index is 0.200. The number of benzene rings is 1. The van der Waals surface area contributed by atoms with Gasteiger partial charge >= 0.3 is 0 Å². The van der Waals surface area contributed by atoms with Gasteiger partial charge in [-0.2, -0.15) is 0 Å². The molecule has 3 nitrogen and oxygen atoms in total. The Morgan fingerprint density at radius 3 is 2.89 bits per heavy atom. The van der Waals surface area contributed by atoms with Gasteiger partial charge in [-0.1, -0.05) is 18.6 Å². The molecular formula is C15H19NO2. The van der Waals surface area contributed by atoms with Crippen LogP contribution in [0, 0.1) is 17.8 Å². The SMILES string of the molecule is O=C(NCc1cccc(O)c1)C1CC2CCC1C2. The maximum absolute atomic E-state index is 12.1. The van der Waals surface area contributed by atoms with Crippen molar-refractivity contribution in [2.45, 2.75) is 32.2 Å². The van der Waals surface area contributed by atoms with Crippen LogP contribution in [0.3, 0.4) is 0 Å². The standard InChI is InChI=1S/C15H19NO2/c17-13-3-1-2-11(7-13)9-16-15(18)14-8-10-4-5-12(14)6-10/h1-3,7,10,12,14,17H,4-6,8-9H2,(H,16,18). The van der Waals surface area contributed by atoms with Gasteiger partial charge in [0.25, 0.3) is 0 Å². The van der Waals surface area contributed by atoms with Gasteiger partial charge in [-0.05, 0) is 48.8 Å². The van der Waals surface area contributed by atoms with Crippen molar-refractivity contribution < 1.29 is 9.90 Å². The van der Waals surface area contributed by atoms with Crippen molar-refractivity contribution in [3.8, 4) is 5.75 Å². The van der Waals surface area contributed by atoms with Gasteiger partial charge in [0.2, 0.25) is 5.91 Å². The van der Waals surface area contributed by atoms with Crippen LogP contribution in [0.15, 0.2) is 24.3 Å². The highest BCUT2D eigenvalue weighted by atomic mass is 16.3. The number of nitrogens with one attached hydrogen (secondary N) is 1. The van der Waals surface area contributed by atoms with Crippen LogP contribution in [0.4, 0.5) is 0 Å². The number of carbonyl (C=O) groups excluding carboxylic acids is 1. The van der Waals surface area contributed by atoms with Crippen molar-refractivity contribution in [3.05, 3.63) is 29.8 Å². The van der Waals surface area contributed by atoms with Crippen LogP contribution >= 0.6 is 0 Å². The third-order valence-corrected chi connectivity index (χ3v) is 4.45. The average Bonchev–Trinajstić information content (AvgIpc) is 2.98.